The van der Waals surface area contributed by atoms with Gasteiger partial charge >= 0.3 is 6.03 Å². The van der Waals surface area contributed by atoms with E-state index in [1.807, 2.05) is 24.3 Å². The summed E-state index contributed by atoms with van der Waals surface area (Å²) in [5, 5.41) is 5.42. The summed E-state index contributed by atoms with van der Waals surface area (Å²) in [5.74, 6) is 0.439. The molecular weight excluding hydrogens is 396 g/mol. The van der Waals surface area contributed by atoms with Crippen molar-refractivity contribution in [2.45, 2.75) is 48.1 Å². The minimum atomic E-state index is -1.15. The van der Waals surface area contributed by atoms with Crippen LogP contribution in [-0.4, -0.2) is 27.9 Å². The fraction of sp³-hybridized carbons (Fsp3) is 0.400. The fourth-order valence-corrected chi connectivity index (χ4v) is 5.34. The number of urea groups is 1. The fourth-order valence-electron chi connectivity index (χ4n) is 4.89. The number of imide groups is 1. The SMILES string of the molecule is O=C1NC(=O)C2(N1)C1=CC(Br)CC=C1OC21CCc2ccccc2CC1. The molecule has 5 nitrogen and oxygen atoms in total. The predicted octanol–water partition coefficient (Wildman–Crippen LogP) is 2.89. The molecule has 2 aliphatic carbocycles. The Hall–Kier alpha value is -2.08. The molecule has 0 bridgehead atoms. The van der Waals surface area contributed by atoms with Gasteiger partial charge in [0.25, 0.3) is 5.91 Å². The van der Waals surface area contributed by atoms with Gasteiger partial charge in [-0.15, -0.1) is 0 Å². The summed E-state index contributed by atoms with van der Waals surface area (Å²) in [6.07, 6.45) is 7.85. The van der Waals surface area contributed by atoms with Crippen molar-refractivity contribution >= 4 is 27.9 Å². The molecule has 0 radical (unpaired) electrons. The van der Waals surface area contributed by atoms with E-state index < -0.39 is 17.2 Å². The lowest BCUT2D eigenvalue weighted by molar-refractivity contribution is -0.130. The van der Waals surface area contributed by atoms with E-state index in [2.05, 4.69) is 38.7 Å². The molecule has 2 heterocycles. The molecule has 1 aromatic carbocycles. The molecule has 2 saturated heterocycles. The molecule has 1 aromatic rings. The Labute approximate surface area is 160 Å². The first-order valence-electron chi connectivity index (χ1n) is 9.00. The molecule has 5 rings (SSSR count). The van der Waals surface area contributed by atoms with Crippen LogP contribution in [0.3, 0.4) is 0 Å². The molecule has 2 unspecified atom stereocenters. The smallest absolute Gasteiger partial charge is 0.322 e. The second-order valence-electron chi connectivity index (χ2n) is 7.42. The van der Waals surface area contributed by atoms with Gasteiger partial charge in [0.1, 0.15) is 11.4 Å². The topological polar surface area (TPSA) is 67.4 Å². The number of fused-ring (bicyclic) bond motifs is 4. The van der Waals surface area contributed by atoms with Gasteiger partial charge in [0.05, 0.1) is 0 Å². The van der Waals surface area contributed by atoms with Crippen LogP contribution >= 0.6 is 15.9 Å². The summed E-state index contributed by atoms with van der Waals surface area (Å²) in [6.45, 7) is 0. The molecule has 6 heteroatoms. The monoisotopic (exact) mass is 414 g/mol. The van der Waals surface area contributed by atoms with E-state index in [1.165, 1.54) is 11.1 Å². The molecule has 2 spiro atoms. The number of rotatable bonds is 0. The largest absolute Gasteiger partial charge is 0.484 e. The van der Waals surface area contributed by atoms with Crippen LogP contribution in [0.15, 0.2) is 47.7 Å². The number of alkyl halides is 1. The maximum Gasteiger partial charge on any atom is 0.322 e. The van der Waals surface area contributed by atoms with E-state index >= 15 is 0 Å². The first-order valence-corrected chi connectivity index (χ1v) is 9.92. The molecule has 2 N–H and O–H groups in total. The van der Waals surface area contributed by atoms with Crippen molar-refractivity contribution in [2.24, 2.45) is 0 Å². The molecule has 4 aliphatic rings. The number of hydrogen-bond donors (Lipinski definition) is 2. The molecule has 2 aliphatic heterocycles. The number of carbonyl (C=O) groups excluding carboxylic acids is 2. The third kappa shape index (κ3) is 2.02. The standard InChI is InChI=1S/C20H19BrN2O3/c21-14-5-6-16-15(11-14)20(17(24)22-18(25)23-20)19(26-16)9-7-12-3-1-2-4-13(12)8-10-19/h1-4,6,11,14H,5,7-10H2,(H2,22,23,24,25). The molecular formula is C20H19BrN2O3. The normalized spacial score (nSPS) is 31.3. The van der Waals surface area contributed by atoms with E-state index in [0.29, 0.717) is 12.8 Å². The summed E-state index contributed by atoms with van der Waals surface area (Å²) in [6, 6.07) is 7.93. The van der Waals surface area contributed by atoms with E-state index in [-0.39, 0.29) is 10.7 Å². The van der Waals surface area contributed by atoms with E-state index in [9.17, 15) is 9.59 Å². The van der Waals surface area contributed by atoms with Crippen LogP contribution in [0.2, 0.25) is 0 Å². The van der Waals surface area contributed by atoms with Crippen molar-refractivity contribution in [1.29, 1.82) is 0 Å². The summed E-state index contributed by atoms with van der Waals surface area (Å²) in [7, 11) is 0. The molecule has 2 atom stereocenters. The zero-order valence-corrected chi connectivity index (χ0v) is 15.8. The second kappa shape index (κ2) is 5.46. The average molecular weight is 415 g/mol. The number of hydrogen-bond acceptors (Lipinski definition) is 3. The molecule has 2 fully saturated rings. The Balaban J connectivity index is 1.65. The highest BCUT2D eigenvalue weighted by molar-refractivity contribution is 9.09. The minimum absolute atomic E-state index is 0.130. The number of allylic oxidation sites excluding steroid dienone is 2. The van der Waals surface area contributed by atoms with Gasteiger partial charge in [0, 0.05) is 10.4 Å². The Morgan fingerprint density at radius 2 is 1.81 bits per heavy atom. The van der Waals surface area contributed by atoms with Crippen LogP contribution in [0, 0.1) is 0 Å². The maximum atomic E-state index is 13.1. The van der Waals surface area contributed by atoms with Gasteiger partial charge in [-0.2, -0.15) is 0 Å². The number of nitrogens with one attached hydrogen (secondary N) is 2. The third-order valence-electron chi connectivity index (χ3n) is 6.12. The predicted molar refractivity (Wildman–Crippen MR) is 99.8 cm³/mol. The van der Waals surface area contributed by atoms with Crippen molar-refractivity contribution in [2.75, 3.05) is 0 Å². The highest BCUT2D eigenvalue weighted by Gasteiger charge is 2.69. The quantitative estimate of drug-likeness (QED) is 0.506. The van der Waals surface area contributed by atoms with E-state index in [1.54, 1.807) is 0 Å². The van der Waals surface area contributed by atoms with Gasteiger partial charge in [0.2, 0.25) is 0 Å². The molecule has 134 valence electrons. The zero-order valence-electron chi connectivity index (χ0n) is 14.2. The van der Waals surface area contributed by atoms with Crippen LogP contribution < -0.4 is 10.6 Å². The second-order valence-corrected chi connectivity index (χ2v) is 8.60. The third-order valence-corrected chi connectivity index (χ3v) is 6.76. The summed E-state index contributed by atoms with van der Waals surface area (Å²) in [5.41, 5.74) is 1.47. The number of benzene rings is 1. The Morgan fingerprint density at radius 3 is 2.42 bits per heavy atom. The van der Waals surface area contributed by atoms with Crippen molar-refractivity contribution in [3.05, 3.63) is 58.9 Å². The summed E-state index contributed by atoms with van der Waals surface area (Å²) in [4.78, 5) is 25.3. The lowest BCUT2D eigenvalue weighted by Gasteiger charge is -2.38. The Morgan fingerprint density at radius 1 is 1.12 bits per heavy atom. The lowest BCUT2D eigenvalue weighted by Crippen LogP contribution is -2.63. The van der Waals surface area contributed by atoms with Crippen molar-refractivity contribution in [3.8, 4) is 0 Å². The first kappa shape index (κ1) is 16.1. The Kier molecular flexibility index (Phi) is 3.38. The lowest BCUT2D eigenvalue weighted by atomic mass is 9.71. The summed E-state index contributed by atoms with van der Waals surface area (Å²) < 4.78 is 6.51. The highest BCUT2D eigenvalue weighted by atomic mass is 79.9. The van der Waals surface area contributed by atoms with Gasteiger partial charge in [-0.05, 0) is 49.3 Å². The molecule has 0 saturated carbocycles. The van der Waals surface area contributed by atoms with Crippen LogP contribution in [0.5, 0.6) is 0 Å². The number of ether oxygens (including phenoxy) is 1. The van der Waals surface area contributed by atoms with Crippen LogP contribution in [0.25, 0.3) is 0 Å². The first-order chi connectivity index (χ1) is 12.5. The van der Waals surface area contributed by atoms with Crippen LogP contribution in [0.4, 0.5) is 4.79 Å². The van der Waals surface area contributed by atoms with E-state index in [4.69, 9.17) is 4.74 Å². The molecule has 0 aromatic heterocycles. The van der Waals surface area contributed by atoms with Gasteiger partial charge in [-0.25, -0.2) is 4.79 Å². The van der Waals surface area contributed by atoms with Crippen molar-refractivity contribution in [3.63, 3.8) is 0 Å². The van der Waals surface area contributed by atoms with Gasteiger partial charge in [-0.1, -0.05) is 46.3 Å². The van der Waals surface area contributed by atoms with Gasteiger partial charge in [0.15, 0.2) is 5.54 Å². The Bertz CT molecular complexity index is 864. The minimum Gasteiger partial charge on any atom is -0.484 e. The summed E-state index contributed by atoms with van der Waals surface area (Å²) >= 11 is 3.62. The molecule has 3 amide bonds. The number of halogens is 1. The molecule has 26 heavy (non-hydrogen) atoms. The van der Waals surface area contributed by atoms with Gasteiger partial charge < -0.3 is 10.1 Å². The van der Waals surface area contributed by atoms with Crippen LogP contribution in [0.1, 0.15) is 30.4 Å². The average Bonchev–Trinajstić information content (AvgIpc) is 2.98. The maximum absolute atomic E-state index is 13.1. The van der Waals surface area contributed by atoms with Crippen molar-refractivity contribution in [1.82, 2.24) is 10.6 Å². The number of carbonyl (C=O) groups is 2. The van der Waals surface area contributed by atoms with Crippen molar-refractivity contribution < 1.29 is 14.3 Å². The van der Waals surface area contributed by atoms with Gasteiger partial charge in [-0.3, -0.25) is 10.1 Å². The van der Waals surface area contributed by atoms with Crippen LogP contribution in [-0.2, 0) is 22.4 Å². The number of amides is 3. The van der Waals surface area contributed by atoms with E-state index in [0.717, 1.165) is 30.6 Å². The zero-order chi connectivity index (χ0) is 17.9. The number of aryl methyl sites for hydroxylation is 2. The highest BCUT2D eigenvalue weighted by Crippen LogP contribution is 2.54.